The van der Waals surface area contributed by atoms with Crippen LogP contribution in [0.15, 0.2) is 59.7 Å². The summed E-state index contributed by atoms with van der Waals surface area (Å²) >= 11 is 0. The first-order chi connectivity index (χ1) is 11.3. The molecule has 0 aliphatic heterocycles. The highest BCUT2D eigenvalue weighted by Crippen LogP contribution is 2.12. The van der Waals surface area contributed by atoms with Crippen molar-refractivity contribution >= 4 is 22.5 Å². The van der Waals surface area contributed by atoms with Crippen molar-refractivity contribution < 1.29 is 4.74 Å². The van der Waals surface area contributed by atoms with Gasteiger partial charge < -0.3 is 10.5 Å². The van der Waals surface area contributed by atoms with Gasteiger partial charge in [-0.25, -0.2) is 9.97 Å². The molecule has 1 aromatic heterocycles. The van der Waals surface area contributed by atoms with Crippen LogP contribution >= 0.6 is 0 Å². The summed E-state index contributed by atoms with van der Waals surface area (Å²) in [7, 11) is 0. The number of ether oxygens (including phenoxy) is 1. The summed E-state index contributed by atoms with van der Waals surface area (Å²) in [5, 5.41) is 4.71. The number of aromatic nitrogens is 2. The molecule has 0 atom stereocenters. The van der Waals surface area contributed by atoms with Gasteiger partial charge in [-0.15, -0.1) is 0 Å². The van der Waals surface area contributed by atoms with Crippen LogP contribution in [0, 0.1) is 0 Å². The monoisotopic (exact) mass is 307 g/mol. The van der Waals surface area contributed by atoms with Gasteiger partial charge in [0.05, 0.1) is 23.3 Å². The molecule has 0 saturated heterocycles. The Morgan fingerprint density at radius 1 is 1.00 bits per heavy atom. The molecule has 116 valence electrons. The first-order valence-corrected chi connectivity index (χ1v) is 7.32. The zero-order valence-electron chi connectivity index (χ0n) is 12.7. The van der Waals surface area contributed by atoms with Crippen molar-refractivity contribution in [3.05, 3.63) is 60.0 Å². The average Bonchev–Trinajstić information content (AvgIpc) is 2.70. The van der Waals surface area contributed by atoms with Crippen LogP contribution in [0.4, 0.5) is 11.5 Å². The van der Waals surface area contributed by atoms with Crippen molar-refractivity contribution in [2.45, 2.75) is 6.92 Å². The SMILES string of the molecule is CCOc1nc2ccccc2nc(N)/c1=N\Nc1ccccc1. The van der Waals surface area contributed by atoms with Gasteiger partial charge in [0.15, 0.2) is 11.2 Å². The quantitative estimate of drug-likeness (QED) is 0.723. The molecule has 0 radical (unpaired) electrons. The lowest BCUT2D eigenvalue weighted by Crippen LogP contribution is -2.16. The first kappa shape index (κ1) is 14.8. The summed E-state index contributed by atoms with van der Waals surface area (Å²) in [5.74, 6) is 0.604. The number of nitrogens with two attached hydrogens (primary N) is 1. The molecule has 0 amide bonds. The van der Waals surface area contributed by atoms with Gasteiger partial charge in [0.2, 0.25) is 5.88 Å². The number of rotatable bonds is 4. The van der Waals surface area contributed by atoms with E-state index >= 15 is 0 Å². The van der Waals surface area contributed by atoms with Crippen molar-refractivity contribution in [2.75, 3.05) is 17.8 Å². The number of hydrogen-bond donors (Lipinski definition) is 2. The zero-order valence-corrected chi connectivity index (χ0v) is 12.7. The molecule has 0 spiro atoms. The molecule has 23 heavy (non-hydrogen) atoms. The maximum absolute atomic E-state index is 6.10. The molecule has 0 saturated carbocycles. The van der Waals surface area contributed by atoms with Crippen LogP contribution in [-0.2, 0) is 0 Å². The lowest BCUT2D eigenvalue weighted by molar-refractivity contribution is 0.324. The predicted molar refractivity (Wildman–Crippen MR) is 90.7 cm³/mol. The minimum atomic E-state index is 0.255. The molecule has 1 heterocycles. The van der Waals surface area contributed by atoms with E-state index in [1.54, 1.807) is 0 Å². The molecule has 0 bridgehead atoms. The zero-order chi connectivity index (χ0) is 16.1. The Hall–Kier alpha value is -3.15. The smallest absolute Gasteiger partial charge is 0.246 e. The normalized spacial score (nSPS) is 11.4. The van der Waals surface area contributed by atoms with Gasteiger partial charge >= 0.3 is 0 Å². The Kier molecular flexibility index (Phi) is 4.33. The largest absolute Gasteiger partial charge is 0.476 e. The fourth-order valence-corrected chi connectivity index (χ4v) is 2.08. The Labute approximate surface area is 133 Å². The number of fused-ring (bicyclic) bond motifs is 1. The van der Waals surface area contributed by atoms with Gasteiger partial charge in [0.25, 0.3) is 0 Å². The molecule has 6 nitrogen and oxygen atoms in total. The van der Waals surface area contributed by atoms with Crippen LogP contribution in [0.1, 0.15) is 6.92 Å². The molecular weight excluding hydrogens is 290 g/mol. The van der Waals surface area contributed by atoms with Crippen LogP contribution in [-0.4, -0.2) is 16.6 Å². The maximum Gasteiger partial charge on any atom is 0.246 e. The molecule has 0 fully saturated rings. The third-order valence-corrected chi connectivity index (χ3v) is 3.14. The van der Waals surface area contributed by atoms with E-state index < -0.39 is 0 Å². The van der Waals surface area contributed by atoms with E-state index in [2.05, 4.69) is 20.5 Å². The van der Waals surface area contributed by atoms with E-state index in [4.69, 9.17) is 10.5 Å². The summed E-state index contributed by atoms with van der Waals surface area (Å²) in [4.78, 5) is 8.90. The Bertz CT molecular complexity index is 881. The van der Waals surface area contributed by atoms with E-state index in [0.29, 0.717) is 28.9 Å². The minimum Gasteiger partial charge on any atom is -0.476 e. The second kappa shape index (κ2) is 6.74. The van der Waals surface area contributed by atoms with Crippen molar-refractivity contribution in [3.8, 4) is 5.88 Å². The molecular formula is C17H17N5O. The second-order valence-electron chi connectivity index (χ2n) is 4.77. The lowest BCUT2D eigenvalue weighted by Gasteiger charge is -2.02. The van der Waals surface area contributed by atoms with Crippen molar-refractivity contribution in [1.29, 1.82) is 0 Å². The first-order valence-electron chi connectivity index (χ1n) is 7.32. The number of nitrogen functional groups attached to an aromatic ring is 1. The summed E-state index contributed by atoms with van der Waals surface area (Å²) in [6.07, 6.45) is 0. The van der Waals surface area contributed by atoms with Gasteiger partial charge in [-0.1, -0.05) is 30.3 Å². The van der Waals surface area contributed by atoms with Gasteiger partial charge in [0.1, 0.15) is 0 Å². The van der Waals surface area contributed by atoms with E-state index in [-0.39, 0.29) is 5.82 Å². The minimum absolute atomic E-state index is 0.255. The van der Waals surface area contributed by atoms with Gasteiger partial charge in [-0.2, -0.15) is 5.10 Å². The Morgan fingerprint density at radius 3 is 2.35 bits per heavy atom. The molecule has 3 aromatic rings. The van der Waals surface area contributed by atoms with E-state index in [0.717, 1.165) is 5.69 Å². The van der Waals surface area contributed by atoms with Crippen LogP contribution < -0.4 is 21.3 Å². The van der Waals surface area contributed by atoms with Gasteiger partial charge in [0, 0.05) is 0 Å². The Balaban J connectivity index is 2.17. The molecule has 0 aliphatic rings. The van der Waals surface area contributed by atoms with Crippen molar-refractivity contribution in [1.82, 2.24) is 9.97 Å². The highest BCUT2D eigenvalue weighted by atomic mass is 16.5. The predicted octanol–water partition coefficient (Wildman–Crippen LogP) is 2.54. The van der Waals surface area contributed by atoms with E-state index in [1.807, 2.05) is 61.5 Å². The number of para-hydroxylation sites is 3. The van der Waals surface area contributed by atoms with Crippen molar-refractivity contribution in [2.24, 2.45) is 5.10 Å². The number of benzene rings is 2. The fraction of sp³-hybridized carbons (Fsp3) is 0.118. The number of nitrogens with zero attached hydrogens (tertiary/aromatic N) is 3. The van der Waals surface area contributed by atoms with Crippen LogP contribution in [0.3, 0.4) is 0 Å². The molecule has 6 heteroatoms. The van der Waals surface area contributed by atoms with E-state index in [9.17, 15) is 0 Å². The summed E-state index contributed by atoms with van der Waals surface area (Å²) < 4.78 is 5.61. The number of anilines is 2. The van der Waals surface area contributed by atoms with Crippen LogP contribution in [0.5, 0.6) is 5.88 Å². The maximum atomic E-state index is 6.10. The highest BCUT2D eigenvalue weighted by Gasteiger charge is 2.06. The van der Waals surface area contributed by atoms with E-state index in [1.165, 1.54) is 0 Å². The van der Waals surface area contributed by atoms with Gasteiger partial charge in [-0.3, -0.25) is 5.43 Å². The summed E-state index contributed by atoms with van der Waals surface area (Å²) in [5.41, 5.74) is 11.3. The molecule has 3 N–H and O–H groups in total. The molecule has 0 unspecified atom stereocenters. The second-order valence-corrected chi connectivity index (χ2v) is 4.77. The third-order valence-electron chi connectivity index (χ3n) is 3.14. The summed E-state index contributed by atoms with van der Waals surface area (Å²) in [6.45, 7) is 2.34. The number of hydrogen-bond acceptors (Lipinski definition) is 6. The van der Waals surface area contributed by atoms with Gasteiger partial charge in [-0.05, 0) is 31.2 Å². The average molecular weight is 307 g/mol. The lowest BCUT2D eigenvalue weighted by atomic mass is 10.3. The standard InChI is InChI=1S/C17H17N5O/c1-2-23-17-15(22-21-12-8-4-3-5-9-12)16(18)19-13-10-6-7-11-14(13)20-17/h3-11,21H,2H2,1H3,(H2,18,19,22). The third kappa shape index (κ3) is 3.37. The number of nitrogens with one attached hydrogen (secondary N) is 1. The van der Waals surface area contributed by atoms with Crippen LogP contribution in [0.25, 0.3) is 11.0 Å². The highest BCUT2D eigenvalue weighted by molar-refractivity contribution is 5.74. The van der Waals surface area contributed by atoms with Crippen LogP contribution in [0.2, 0.25) is 0 Å². The molecule has 0 aliphatic carbocycles. The topological polar surface area (TPSA) is 85.4 Å². The van der Waals surface area contributed by atoms with Crippen molar-refractivity contribution in [3.63, 3.8) is 0 Å². The fourth-order valence-electron chi connectivity index (χ4n) is 2.08. The molecule has 2 aromatic carbocycles. The molecule has 3 rings (SSSR count). The Morgan fingerprint density at radius 2 is 1.65 bits per heavy atom. The summed E-state index contributed by atoms with van der Waals surface area (Å²) in [6, 6.07) is 17.1.